The summed E-state index contributed by atoms with van der Waals surface area (Å²) in [5.74, 6) is -3.73. The van der Waals surface area contributed by atoms with Crippen LogP contribution in [0.15, 0.2) is 36.5 Å². The SMILES string of the molecule is CC(C)(O)c1cc2nn(C3CCC(C=O)CC3)cc2cc1NC(=O)c1cccc(C(C)(F)F)n1. The Balaban J connectivity index is 1.66. The largest absolute Gasteiger partial charge is 0.386 e. The predicted molar refractivity (Wildman–Crippen MR) is 124 cm³/mol. The molecule has 0 radical (unpaired) electrons. The third-order valence-corrected chi connectivity index (χ3v) is 6.31. The topological polar surface area (TPSA) is 97.1 Å². The van der Waals surface area contributed by atoms with Gasteiger partial charge in [0, 0.05) is 35.7 Å². The molecule has 1 aliphatic rings. The summed E-state index contributed by atoms with van der Waals surface area (Å²) in [6.07, 6.45) is 6.26. The molecular weight excluding hydrogens is 442 g/mol. The fourth-order valence-electron chi connectivity index (χ4n) is 4.38. The van der Waals surface area contributed by atoms with E-state index in [1.165, 1.54) is 18.2 Å². The van der Waals surface area contributed by atoms with Crippen molar-refractivity contribution in [1.29, 1.82) is 0 Å². The fourth-order valence-corrected chi connectivity index (χ4v) is 4.38. The van der Waals surface area contributed by atoms with E-state index in [1.807, 2.05) is 10.9 Å². The first-order valence-electron chi connectivity index (χ1n) is 11.3. The number of hydrogen-bond donors (Lipinski definition) is 2. The summed E-state index contributed by atoms with van der Waals surface area (Å²) in [5, 5.41) is 18.9. The molecule has 0 saturated heterocycles. The number of alkyl halides is 2. The highest BCUT2D eigenvalue weighted by Crippen LogP contribution is 2.35. The van der Waals surface area contributed by atoms with Gasteiger partial charge in [-0.25, -0.2) is 4.98 Å². The molecule has 1 aromatic carbocycles. The fraction of sp³-hybridized carbons (Fsp3) is 0.440. The van der Waals surface area contributed by atoms with Crippen LogP contribution in [0, 0.1) is 5.92 Å². The van der Waals surface area contributed by atoms with Gasteiger partial charge in [0.25, 0.3) is 11.8 Å². The minimum Gasteiger partial charge on any atom is -0.386 e. The van der Waals surface area contributed by atoms with Gasteiger partial charge >= 0.3 is 0 Å². The van der Waals surface area contributed by atoms with E-state index in [1.54, 1.807) is 26.0 Å². The average molecular weight is 471 g/mol. The molecule has 0 unspecified atom stereocenters. The number of carbonyl (C=O) groups is 2. The summed E-state index contributed by atoms with van der Waals surface area (Å²) in [5.41, 5.74) is -0.482. The second-order valence-corrected chi connectivity index (χ2v) is 9.58. The number of halogens is 2. The van der Waals surface area contributed by atoms with Crippen molar-refractivity contribution in [3.8, 4) is 0 Å². The summed E-state index contributed by atoms with van der Waals surface area (Å²) in [6, 6.07) is 7.51. The molecule has 1 amide bonds. The lowest BCUT2D eigenvalue weighted by Gasteiger charge is -2.25. The van der Waals surface area contributed by atoms with Crippen LogP contribution in [-0.2, 0) is 16.3 Å². The Morgan fingerprint density at radius 3 is 2.50 bits per heavy atom. The number of anilines is 1. The molecule has 9 heteroatoms. The van der Waals surface area contributed by atoms with E-state index in [2.05, 4.69) is 15.4 Å². The average Bonchev–Trinajstić information content (AvgIpc) is 3.20. The van der Waals surface area contributed by atoms with Gasteiger partial charge in [0.05, 0.1) is 17.2 Å². The minimum atomic E-state index is -3.17. The molecule has 0 bridgehead atoms. The number of fused-ring (bicyclic) bond motifs is 1. The number of nitrogens with one attached hydrogen (secondary N) is 1. The Kier molecular flexibility index (Phi) is 6.24. The van der Waals surface area contributed by atoms with Crippen LogP contribution in [0.5, 0.6) is 0 Å². The van der Waals surface area contributed by atoms with Crippen molar-refractivity contribution in [2.45, 2.75) is 64.0 Å². The quantitative estimate of drug-likeness (QED) is 0.497. The Morgan fingerprint density at radius 2 is 1.88 bits per heavy atom. The molecule has 0 atom stereocenters. The number of aldehydes is 1. The van der Waals surface area contributed by atoms with Crippen molar-refractivity contribution in [1.82, 2.24) is 14.8 Å². The van der Waals surface area contributed by atoms with E-state index < -0.39 is 23.1 Å². The summed E-state index contributed by atoms with van der Waals surface area (Å²) in [7, 11) is 0. The van der Waals surface area contributed by atoms with Crippen LogP contribution in [0.4, 0.5) is 14.5 Å². The Bertz CT molecular complexity index is 1220. The van der Waals surface area contributed by atoms with Gasteiger partial charge in [-0.05, 0) is 63.8 Å². The standard InChI is InChI=1S/C25H28F2N4O3/c1-24(2,34)18-12-20-16(13-31(30-20)17-9-7-15(14-32)8-10-17)11-21(18)29-23(33)19-5-4-6-22(28-19)25(3,26)27/h4-6,11-15,17,34H,7-10H2,1-3H3,(H,29,33). The molecule has 2 aromatic heterocycles. The second-order valence-electron chi connectivity index (χ2n) is 9.58. The number of rotatable bonds is 6. The van der Waals surface area contributed by atoms with Gasteiger partial charge in [0.1, 0.15) is 17.7 Å². The van der Waals surface area contributed by atoms with Crippen molar-refractivity contribution in [2.75, 3.05) is 5.32 Å². The molecule has 4 rings (SSSR count). The first kappa shape index (κ1) is 23.9. The summed E-state index contributed by atoms with van der Waals surface area (Å²) in [4.78, 5) is 27.7. The number of benzene rings is 1. The molecule has 7 nitrogen and oxygen atoms in total. The van der Waals surface area contributed by atoms with Gasteiger partial charge in [0.2, 0.25) is 0 Å². The molecule has 2 heterocycles. The highest BCUT2D eigenvalue weighted by molar-refractivity contribution is 6.04. The molecular formula is C25H28F2N4O3. The lowest BCUT2D eigenvalue weighted by molar-refractivity contribution is -0.112. The third kappa shape index (κ3) is 4.99. The molecule has 0 spiro atoms. The van der Waals surface area contributed by atoms with Gasteiger partial charge < -0.3 is 15.2 Å². The van der Waals surface area contributed by atoms with E-state index in [0.717, 1.165) is 44.3 Å². The van der Waals surface area contributed by atoms with Gasteiger partial charge in [-0.1, -0.05) is 6.07 Å². The van der Waals surface area contributed by atoms with Gasteiger partial charge in [-0.2, -0.15) is 13.9 Å². The van der Waals surface area contributed by atoms with Crippen molar-refractivity contribution in [3.63, 3.8) is 0 Å². The van der Waals surface area contributed by atoms with E-state index in [0.29, 0.717) is 16.8 Å². The highest BCUT2D eigenvalue weighted by atomic mass is 19.3. The number of nitrogens with zero attached hydrogens (tertiary/aromatic N) is 3. The van der Waals surface area contributed by atoms with Gasteiger partial charge in [0.15, 0.2) is 0 Å². The zero-order chi connectivity index (χ0) is 24.7. The van der Waals surface area contributed by atoms with Crippen LogP contribution >= 0.6 is 0 Å². The number of pyridine rings is 1. The normalized spacial score (nSPS) is 19.2. The van der Waals surface area contributed by atoms with Crippen LogP contribution < -0.4 is 5.32 Å². The molecule has 1 saturated carbocycles. The molecule has 1 fully saturated rings. The smallest absolute Gasteiger partial charge is 0.287 e. The molecule has 180 valence electrons. The lowest BCUT2D eigenvalue weighted by atomic mass is 9.87. The summed E-state index contributed by atoms with van der Waals surface area (Å²) in [6.45, 7) is 3.91. The molecule has 0 aliphatic heterocycles. The first-order valence-corrected chi connectivity index (χ1v) is 11.3. The maximum Gasteiger partial charge on any atom is 0.287 e. The van der Waals surface area contributed by atoms with E-state index in [9.17, 15) is 23.5 Å². The van der Waals surface area contributed by atoms with Gasteiger partial charge in [-0.3, -0.25) is 9.48 Å². The molecule has 1 aliphatic carbocycles. The van der Waals surface area contributed by atoms with Crippen LogP contribution in [0.2, 0.25) is 0 Å². The number of amides is 1. The predicted octanol–water partition coefficient (Wildman–Crippen LogP) is 4.95. The Labute approximate surface area is 196 Å². The Hall–Kier alpha value is -3.20. The number of aliphatic hydroxyl groups is 1. The molecule has 2 N–H and O–H groups in total. The van der Waals surface area contributed by atoms with E-state index in [-0.39, 0.29) is 17.7 Å². The highest BCUT2D eigenvalue weighted by Gasteiger charge is 2.28. The van der Waals surface area contributed by atoms with Crippen LogP contribution in [-0.4, -0.2) is 32.1 Å². The maximum absolute atomic E-state index is 13.7. The van der Waals surface area contributed by atoms with Crippen molar-refractivity contribution in [3.05, 3.63) is 53.5 Å². The number of hydrogen-bond acceptors (Lipinski definition) is 5. The monoisotopic (exact) mass is 470 g/mol. The van der Waals surface area contributed by atoms with Crippen molar-refractivity contribution in [2.24, 2.45) is 5.92 Å². The van der Waals surface area contributed by atoms with Crippen LogP contribution in [0.3, 0.4) is 0 Å². The van der Waals surface area contributed by atoms with E-state index in [4.69, 9.17) is 0 Å². The van der Waals surface area contributed by atoms with Gasteiger partial charge in [-0.15, -0.1) is 0 Å². The molecule has 34 heavy (non-hydrogen) atoms. The van der Waals surface area contributed by atoms with Crippen molar-refractivity contribution >= 4 is 28.8 Å². The number of carbonyl (C=O) groups excluding carboxylic acids is 2. The zero-order valence-corrected chi connectivity index (χ0v) is 19.4. The lowest BCUT2D eigenvalue weighted by Crippen LogP contribution is -2.22. The van der Waals surface area contributed by atoms with E-state index >= 15 is 0 Å². The zero-order valence-electron chi connectivity index (χ0n) is 19.4. The minimum absolute atomic E-state index is 0.101. The van der Waals surface area contributed by atoms with Crippen LogP contribution in [0.1, 0.15) is 74.2 Å². The second kappa shape index (κ2) is 8.87. The van der Waals surface area contributed by atoms with Crippen molar-refractivity contribution < 1.29 is 23.5 Å². The summed E-state index contributed by atoms with van der Waals surface area (Å²) < 4.78 is 29.2. The van der Waals surface area contributed by atoms with Crippen LogP contribution in [0.25, 0.3) is 10.9 Å². The molecule has 3 aromatic rings. The Morgan fingerprint density at radius 1 is 1.18 bits per heavy atom. The third-order valence-electron chi connectivity index (χ3n) is 6.31. The summed E-state index contributed by atoms with van der Waals surface area (Å²) >= 11 is 0. The first-order chi connectivity index (χ1) is 16.0. The number of aromatic nitrogens is 3. The maximum atomic E-state index is 13.7.